The van der Waals surface area contributed by atoms with Gasteiger partial charge >= 0.3 is 5.97 Å². The first kappa shape index (κ1) is 17.3. The lowest BCUT2D eigenvalue weighted by atomic mass is 10.1. The molecule has 0 heterocycles. The molecule has 0 aromatic carbocycles. The molecule has 0 fully saturated rings. The SMILES string of the molecule is CC(O)C(N)C(=O)NC(C(=O)NCC(=O)O)C(C)O. The van der Waals surface area contributed by atoms with Crippen molar-refractivity contribution < 1.29 is 29.7 Å². The second-order valence-electron chi connectivity index (χ2n) is 4.10. The van der Waals surface area contributed by atoms with Gasteiger partial charge in [0.15, 0.2) is 0 Å². The number of carboxylic acids is 1. The van der Waals surface area contributed by atoms with Crippen LogP contribution in [0.25, 0.3) is 0 Å². The molecule has 4 unspecified atom stereocenters. The fourth-order valence-electron chi connectivity index (χ4n) is 1.15. The van der Waals surface area contributed by atoms with Crippen LogP contribution < -0.4 is 16.4 Å². The number of amides is 2. The maximum Gasteiger partial charge on any atom is 0.322 e. The van der Waals surface area contributed by atoms with Gasteiger partial charge in [-0.2, -0.15) is 0 Å². The van der Waals surface area contributed by atoms with Crippen molar-refractivity contribution in [2.75, 3.05) is 6.54 Å². The van der Waals surface area contributed by atoms with E-state index in [0.29, 0.717) is 0 Å². The van der Waals surface area contributed by atoms with Crippen LogP contribution in [0.1, 0.15) is 13.8 Å². The number of aliphatic hydroxyl groups excluding tert-OH is 2. The van der Waals surface area contributed by atoms with Gasteiger partial charge < -0.3 is 31.7 Å². The Bertz CT molecular complexity index is 344. The number of aliphatic carboxylic acids is 1. The molecular formula is C10H19N3O6. The molecule has 0 aromatic rings. The van der Waals surface area contributed by atoms with Crippen LogP contribution in [0.5, 0.6) is 0 Å². The molecule has 0 aromatic heterocycles. The van der Waals surface area contributed by atoms with Crippen LogP contribution in [0.15, 0.2) is 0 Å². The molecule has 7 N–H and O–H groups in total. The maximum absolute atomic E-state index is 11.6. The highest BCUT2D eigenvalue weighted by Gasteiger charge is 2.29. The van der Waals surface area contributed by atoms with Crippen molar-refractivity contribution >= 4 is 17.8 Å². The molecule has 9 heteroatoms. The summed E-state index contributed by atoms with van der Waals surface area (Å²) >= 11 is 0. The minimum Gasteiger partial charge on any atom is -0.480 e. The summed E-state index contributed by atoms with van der Waals surface area (Å²) in [5, 5.41) is 31.1. The van der Waals surface area contributed by atoms with Crippen molar-refractivity contribution in [2.24, 2.45) is 5.73 Å². The fourth-order valence-corrected chi connectivity index (χ4v) is 1.15. The van der Waals surface area contributed by atoms with Gasteiger partial charge in [0.25, 0.3) is 0 Å². The molecule has 0 spiro atoms. The molecule has 2 amide bonds. The van der Waals surface area contributed by atoms with Gasteiger partial charge in [0.2, 0.25) is 11.8 Å². The molecule has 0 aliphatic rings. The van der Waals surface area contributed by atoms with Crippen molar-refractivity contribution in [1.82, 2.24) is 10.6 Å². The minimum atomic E-state index is -1.35. The third-order valence-corrected chi connectivity index (χ3v) is 2.30. The number of carbonyl (C=O) groups excluding carboxylic acids is 2. The topological polar surface area (TPSA) is 162 Å². The second-order valence-corrected chi connectivity index (χ2v) is 4.10. The summed E-state index contributed by atoms with van der Waals surface area (Å²) in [5.74, 6) is -2.94. The first-order valence-corrected chi connectivity index (χ1v) is 5.58. The molecule has 0 radical (unpaired) electrons. The van der Waals surface area contributed by atoms with E-state index in [0.717, 1.165) is 0 Å². The van der Waals surface area contributed by atoms with E-state index in [4.69, 9.17) is 15.9 Å². The Morgan fingerprint density at radius 3 is 2.00 bits per heavy atom. The number of carboxylic acid groups (broad SMARTS) is 1. The maximum atomic E-state index is 11.6. The molecule has 0 saturated heterocycles. The lowest BCUT2D eigenvalue weighted by Gasteiger charge is -2.23. The van der Waals surface area contributed by atoms with Crippen LogP contribution in [0.3, 0.4) is 0 Å². The Labute approximate surface area is 109 Å². The van der Waals surface area contributed by atoms with E-state index in [-0.39, 0.29) is 0 Å². The summed E-state index contributed by atoms with van der Waals surface area (Å²) in [6.45, 7) is 1.91. The predicted octanol–water partition coefficient (Wildman–Crippen LogP) is -3.24. The average molecular weight is 277 g/mol. The van der Waals surface area contributed by atoms with Crippen LogP contribution in [-0.4, -0.2) is 63.9 Å². The normalized spacial score (nSPS) is 16.9. The van der Waals surface area contributed by atoms with E-state index in [9.17, 15) is 19.5 Å². The van der Waals surface area contributed by atoms with E-state index < -0.39 is 48.6 Å². The van der Waals surface area contributed by atoms with Crippen molar-refractivity contribution in [3.8, 4) is 0 Å². The lowest BCUT2D eigenvalue weighted by molar-refractivity contribution is -0.139. The Balaban J connectivity index is 4.61. The number of rotatable bonds is 7. The number of carbonyl (C=O) groups is 3. The summed E-state index contributed by atoms with van der Waals surface area (Å²) in [7, 11) is 0. The Kier molecular flexibility index (Phi) is 6.98. The summed E-state index contributed by atoms with van der Waals surface area (Å²) in [4.78, 5) is 33.4. The fraction of sp³-hybridized carbons (Fsp3) is 0.700. The largest absolute Gasteiger partial charge is 0.480 e. The van der Waals surface area contributed by atoms with E-state index in [2.05, 4.69) is 5.32 Å². The van der Waals surface area contributed by atoms with Gasteiger partial charge in [-0.05, 0) is 13.8 Å². The highest BCUT2D eigenvalue weighted by Crippen LogP contribution is 1.96. The third-order valence-electron chi connectivity index (χ3n) is 2.30. The average Bonchev–Trinajstić information content (AvgIpc) is 2.30. The molecule has 0 bridgehead atoms. The highest BCUT2D eigenvalue weighted by atomic mass is 16.4. The summed E-state index contributed by atoms with van der Waals surface area (Å²) in [6, 6.07) is -2.61. The Morgan fingerprint density at radius 1 is 1.11 bits per heavy atom. The molecule has 9 nitrogen and oxygen atoms in total. The molecule has 0 saturated carbocycles. The van der Waals surface area contributed by atoms with Crippen LogP contribution >= 0.6 is 0 Å². The monoisotopic (exact) mass is 277 g/mol. The van der Waals surface area contributed by atoms with Crippen molar-refractivity contribution in [2.45, 2.75) is 38.1 Å². The van der Waals surface area contributed by atoms with E-state index in [1.807, 2.05) is 5.32 Å². The number of aliphatic hydroxyl groups is 2. The molecule has 4 atom stereocenters. The molecular weight excluding hydrogens is 258 g/mol. The number of hydrogen-bond donors (Lipinski definition) is 6. The van der Waals surface area contributed by atoms with Crippen LogP contribution in [0.4, 0.5) is 0 Å². The lowest BCUT2D eigenvalue weighted by Crippen LogP contribution is -2.58. The quantitative estimate of drug-likeness (QED) is 0.285. The summed E-state index contributed by atoms with van der Waals surface area (Å²) in [5.41, 5.74) is 5.36. The predicted molar refractivity (Wildman–Crippen MR) is 63.9 cm³/mol. The zero-order valence-electron chi connectivity index (χ0n) is 10.7. The van der Waals surface area contributed by atoms with Gasteiger partial charge in [-0.15, -0.1) is 0 Å². The van der Waals surface area contributed by atoms with E-state index in [1.54, 1.807) is 0 Å². The minimum absolute atomic E-state index is 0.639. The van der Waals surface area contributed by atoms with Gasteiger partial charge in [-0.3, -0.25) is 14.4 Å². The van der Waals surface area contributed by atoms with Gasteiger partial charge in [0.1, 0.15) is 18.6 Å². The first-order valence-electron chi connectivity index (χ1n) is 5.58. The molecule has 0 aliphatic heterocycles. The van der Waals surface area contributed by atoms with Gasteiger partial charge in [0, 0.05) is 0 Å². The van der Waals surface area contributed by atoms with Gasteiger partial charge in [0.05, 0.1) is 12.2 Å². The number of nitrogens with one attached hydrogen (secondary N) is 2. The van der Waals surface area contributed by atoms with Crippen LogP contribution in [0, 0.1) is 0 Å². The first-order chi connectivity index (χ1) is 8.66. The smallest absolute Gasteiger partial charge is 0.322 e. The third kappa shape index (κ3) is 6.13. The molecule has 0 aliphatic carbocycles. The zero-order valence-corrected chi connectivity index (χ0v) is 10.7. The second kappa shape index (κ2) is 7.67. The standard InChI is InChI=1S/C10H19N3O6/c1-4(14)7(11)9(18)13-8(5(2)15)10(19)12-3-6(16)17/h4-5,7-8,14-15H,3,11H2,1-2H3,(H,12,19)(H,13,18)(H,16,17). The van der Waals surface area contributed by atoms with E-state index >= 15 is 0 Å². The van der Waals surface area contributed by atoms with Crippen LogP contribution in [0.2, 0.25) is 0 Å². The Morgan fingerprint density at radius 2 is 1.63 bits per heavy atom. The zero-order chi connectivity index (χ0) is 15.2. The van der Waals surface area contributed by atoms with Crippen molar-refractivity contribution in [3.63, 3.8) is 0 Å². The highest BCUT2D eigenvalue weighted by molar-refractivity contribution is 5.91. The van der Waals surface area contributed by atoms with Crippen LogP contribution in [-0.2, 0) is 14.4 Å². The molecule has 0 rings (SSSR count). The van der Waals surface area contributed by atoms with Gasteiger partial charge in [-0.25, -0.2) is 0 Å². The van der Waals surface area contributed by atoms with Crippen molar-refractivity contribution in [1.29, 1.82) is 0 Å². The number of nitrogens with two attached hydrogens (primary N) is 1. The molecule has 19 heavy (non-hydrogen) atoms. The van der Waals surface area contributed by atoms with E-state index in [1.165, 1.54) is 13.8 Å². The Hall–Kier alpha value is -1.71. The summed E-state index contributed by atoms with van der Waals surface area (Å²) in [6.07, 6.45) is -2.38. The summed E-state index contributed by atoms with van der Waals surface area (Å²) < 4.78 is 0. The number of hydrogen-bond acceptors (Lipinski definition) is 6. The van der Waals surface area contributed by atoms with Crippen molar-refractivity contribution in [3.05, 3.63) is 0 Å². The van der Waals surface area contributed by atoms with Gasteiger partial charge in [-0.1, -0.05) is 0 Å². The molecule has 110 valence electrons.